The number of imidazole rings is 2. The monoisotopic (exact) mass is 693 g/mol. The van der Waals surface area contributed by atoms with Crippen LogP contribution in [0.2, 0.25) is 0 Å². The summed E-state index contributed by atoms with van der Waals surface area (Å²) >= 11 is 0. The number of benzene rings is 4. The fourth-order valence-corrected chi connectivity index (χ4v) is 5.80. The van der Waals surface area contributed by atoms with Crippen molar-refractivity contribution in [2.24, 2.45) is 0 Å². The summed E-state index contributed by atoms with van der Waals surface area (Å²) in [5.41, 5.74) is 15.7. The molecule has 0 aliphatic heterocycles. The van der Waals surface area contributed by atoms with Gasteiger partial charge in [0.05, 0.1) is 45.5 Å². The second-order valence-electron chi connectivity index (χ2n) is 13.2. The number of hydrogen-bond donors (Lipinski definition) is 4. The quantitative estimate of drug-likeness (QED) is 0.0521. The van der Waals surface area contributed by atoms with E-state index in [0.29, 0.717) is 13.2 Å². The van der Waals surface area contributed by atoms with Crippen LogP contribution in [0.5, 0.6) is 11.5 Å². The molecule has 52 heavy (non-hydrogen) atoms. The summed E-state index contributed by atoms with van der Waals surface area (Å²) in [5.74, 6) is 3.07. The predicted molar refractivity (Wildman–Crippen MR) is 207 cm³/mol. The molecule has 3 heterocycles. The Morgan fingerprint density at radius 3 is 1.40 bits per heavy atom. The molecule has 7 rings (SSSR count). The minimum absolute atomic E-state index is 0.278. The maximum Gasteiger partial charge on any atom is 0.236 e. The molecule has 0 spiro atoms. The molecule has 3 aromatic heterocycles. The molecule has 11 heteroatoms. The lowest BCUT2D eigenvalue weighted by molar-refractivity contribution is -0.504. The van der Waals surface area contributed by atoms with Gasteiger partial charge in [-0.1, -0.05) is 15.4 Å². The average molecular weight is 694 g/mol. The molecule has 0 saturated carbocycles. The number of ether oxygens (including phenoxy) is 2. The van der Waals surface area contributed by atoms with E-state index in [2.05, 4.69) is 61.9 Å². The minimum atomic E-state index is 0.278. The first-order valence-electron chi connectivity index (χ1n) is 17.3. The van der Waals surface area contributed by atoms with Crippen LogP contribution in [-0.2, 0) is 13.2 Å². The Hall–Kier alpha value is -6.49. The molecule has 262 valence electrons. The number of nitrogens with one attached hydrogen (secondary N) is 4. The Labute approximate surface area is 302 Å². The lowest BCUT2D eigenvalue weighted by atomic mass is 10.2. The van der Waals surface area contributed by atoms with Gasteiger partial charge in [0.25, 0.3) is 0 Å². The van der Waals surface area contributed by atoms with Gasteiger partial charge in [0.1, 0.15) is 36.4 Å². The van der Waals surface area contributed by atoms with Crippen molar-refractivity contribution in [2.75, 3.05) is 0 Å². The SMILES string of the molecule is C=[N+](NC(C)C)c1ccc2nc(-c3ccc(OCc4cccc(COc5ccc(-c6nc7ccc([N+](=C)NC(C)C)cc7[nH]6)cc5)n4)cc3)[nH]c2c1. The molecule has 0 bridgehead atoms. The Bertz CT molecular complexity index is 2190. The number of pyridine rings is 1. The number of H-pyrrole nitrogens is 2. The molecule has 0 atom stereocenters. The van der Waals surface area contributed by atoms with Gasteiger partial charge >= 0.3 is 0 Å². The van der Waals surface area contributed by atoms with Crippen LogP contribution in [0.1, 0.15) is 39.1 Å². The number of hydrogen-bond acceptors (Lipinski definition) is 7. The maximum atomic E-state index is 6.07. The first-order chi connectivity index (χ1) is 25.2. The van der Waals surface area contributed by atoms with Gasteiger partial charge < -0.3 is 19.4 Å². The van der Waals surface area contributed by atoms with Crippen LogP contribution in [0, 0.1) is 0 Å². The van der Waals surface area contributed by atoms with Crippen molar-refractivity contribution < 1.29 is 18.8 Å². The van der Waals surface area contributed by atoms with Gasteiger partial charge in [-0.05, 0) is 100 Å². The van der Waals surface area contributed by atoms with Crippen LogP contribution in [0.3, 0.4) is 0 Å². The Morgan fingerprint density at radius 2 is 1.00 bits per heavy atom. The highest BCUT2D eigenvalue weighted by Crippen LogP contribution is 2.27. The molecular formula is C41H43N9O2+2. The Kier molecular flexibility index (Phi) is 9.66. The molecule has 0 aliphatic rings. The molecule has 0 amide bonds. The fraction of sp³-hybridized carbons (Fsp3) is 0.195. The van der Waals surface area contributed by atoms with E-state index >= 15 is 0 Å². The summed E-state index contributed by atoms with van der Waals surface area (Å²) in [6.45, 7) is 17.1. The molecule has 4 aromatic carbocycles. The number of fused-ring (bicyclic) bond motifs is 2. The van der Waals surface area contributed by atoms with Gasteiger partial charge in [0, 0.05) is 35.4 Å². The largest absolute Gasteiger partial charge is 0.487 e. The summed E-state index contributed by atoms with van der Waals surface area (Å²) in [6.07, 6.45) is 0. The van der Waals surface area contributed by atoms with E-state index in [0.717, 1.165) is 79.1 Å². The highest BCUT2D eigenvalue weighted by atomic mass is 16.5. The smallest absolute Gasteiger partial charge is 0.236 e. The normalized spacial score (nSPS) is 11.3. The van der Waals surface area contributed by atoms with Gasteiger partial charge in [-0.15, -0.1) is 0 Å². The van der Waals surface area contributed by atoms with Gasteiger partial charge in [-0.3, -0.25) is 4.98 Å². The summed E-state index contributed by atoms with van der Waals surface area (Å²) in [6, 6.07) is 34.3. The van der Waals surface area contributed by atoms with Crippen molar-refractivity contribution >= 4 is 46.9 Å². The van der Waals surface area contributed by atoms with Crippen LogP contribution in [0.25, 0.3) is 44.8 Å². The van der Waals surface area contributed by atoms with Crippen molar-refractivity contribution in [1.82, 2.24) is 35.8 Å². The molecular weight excluding hydrogens is 651 g/mol. The Morgan fingerprint density at radius 1 is 0.577 bits per heavy atom. The summed E-state index contributed by atoms with van der Waals surface area (Å²) in [4.78, 5) is 21.1. The van der Waals surface area contributed by atoms with Crippen molar-refractivity contribution in [2.45, 2.75) is 53.0 Å². The van der Waals surface area contributed by atoms with E-state index in [-0.39, 0.29) is 12.1 Å². The first kappa shape index (κ1) is 34.0. The zero-order valence-corrected chi connectivity index (χ0v) is 29.9. The molecule has 0 saturated heterocycles. The standard InChI is InChI=1S/C41H43N9O2/c1-26(2)47-49(5)32-14-20-36-38(22-32)45-40(43-36)28-10-16-34(17-11-28)51-24-30-8-7-9-31(42-30)25-52-35-18-12-29(13-19-35)41-44-37-21-15-33(23-39(37)46-41)50(6)48-27(3)4/h7-23,26-27,47-48H,5-6,24-25H2,1-4H3,(H,43,45)(H,44,46)/q+2. The summed E-state index contributed by atoms with van der Waals surface area (Å²) < 4.78 is 15.7. The molecule has 4 N–H and O–H groups in total. The predicted octanol–water partition coefficient (Wildman–Crippen LogP) is 7.84. The second kappa shape index (κ2) is 14.8. The van der Waals surface area contributed by atoms with E-state index in [1.165, 1.54) is 0 Å². The van der Waals surface area contributed by atoms with E-state index in [9.17, 15) is 0 Å². The van der Waals surface area contributed by atoms with Crippen LogP contribution in [0.15, 0.2) is 103 Å². The zero-order valence-electron chi connectivity index (χ0n) is 29.9. The molecule has 0 radical (unpaired) electrons. The number of aromatic amines is 2. The highest BCUT2D eigenvalue weighted by Gasteiger charge is 2.14. The lowest BCUT2D eigenvalue weighted by Gasteiger charge is -2.09. The number of aromatic nitrogens is 5. The molecule has 0 aliphatic carbocycles. The summed E-state index contributed by atoms with van der Waals surface area (Å²) in [5, 5.41) is 0. The third kappa shape index (κ3) is 7.94. The van der Waals surface area contributed by atoms with E-state index in [4.69, 9.17) is 24.4 Å². The highest BCUT2D eigenvalue weighted by molar-refractivity contribution is 5.82. The van der Waals surface area contributed by atoms with E-state index < -0.39 is 0 Å². The third-order valence-electron chi connectivity index (χ3n) is 8.28. The Balaban J connectivity index is 0.928. The first-order valence-corrected chi connectivity index (χ1v) is 17.3. The van der Waals surface area contributed by atoms with Crippen LogP contribution >= 0.6 is 0 Å². The minimum Gasteiger partial charge on any atom is -0.487 e. The third-order valence-corrected chi connectivity index (χ3v) is 8.28. The van der Waals surface area contributed by atoms with E-state index in [1.54, 1.807) is 9.37 Å². The molecule has 11 nitrogen and oxygen atoms in total. The van der Waals surface area contributed by atoms with Gasteiger partial charge in [-0.25, -0.2) is 9.97 Å². The van der Waals surface area contributed by atoms with E-state index in [1.807, 2.05) is 103 Å². The molecule has 0 fully saturated rings. The van der Waals surface area contributed by atoms with Crippen LogP contribution in [-0.4, -0.2) is 59.8 Å². The zero-order chi connectivity index (χ0) is 36.2. The van der Waals surface area contributed by atoms with Crippen molar-refractivity contribution in [3.05, 3.63) is 115 Å². The lowest BCUT2D eigenvalue weighted by Crippen LogP contribution is -2.30. The van der Waals surface area contributed by atoms with Crippen LogP contribution < -0.4 is 20.3 Å². The topological polar surface area (TPSA) is 119 Å². The van der Waals surface area contributed by atoms with Crippen molar-refractivity contribution in [1.29, 1.82) is 0 Å². The van der Waals surface area contributed by atoms with Crippen LogP contribution in [0.4, 0.5) is 11.4 Å². The number of rotatable bonds is 14. The molecule has 0 unspecified atom stereocenters. The van der Waals surface area contributed by atoms with Gasteiger partial charge in [0.2, 0.25) is 11.4 Å². The maximum absolute atomic E-state index is 6.07. The molecule has 7 aromatic rings. The number of nitrogens with zero attached hydrogens (tertiary/aromatic N) is 5. The number of hydrazone groups is 2. The van der Waals surface area contributed by atoms with Crippen molar-refractivity contribution in [3.63, 3.8) is 0 Å². The fourth-order valence-electron chi connectivity index (χ4n) is 5.80. The summed E-state index contributed by atoms with van der Waals surface area (Å²) in [7, 11) is 0. The average Bonchev–Trinajstić information content (AvgIpc) is 3.77. The van der Waals surface area contributed by atoms with Gasteiger partial charge in [-0.2, -0.15) is 10.9 Å². The van der Waals surface area contributed by atoms with Gasteiger partial charge in [0.15, 0.2) is 13.4 Å². The second-order valence-corrected chi connectivity index (χ2v) is 13.2. The number of hydrazine groups is 2. The van der Waals surface area contributed by atoms with Crippen molar-refractivity contribution in [3.8, 4) is 34.3 Å².